The molecule has 1 unspecified atom stereocenters. The van der Waals surface area contributed by atoms with Gasteiger partial charge in [0.05, 0.1) is 6.10 Å². The molecular weight excluding hydrogens is 302 g/mol. The SMILES string of the molecule is Cc1ccc2c(CCNC(=O)NCC(C)(C)CC(C)O)c[nH]c2c1. The van der Waals surface area contributed by atoms with Crippen LogP contribution in [0.4, 0.5) is 4.79 Å². The van der Waals surface area contributed by atoms with Crippen LogP contribution in [0.2, 0.25) is 0 Å². The Balaban J connectivity index is 1.78. The first-order chi connectivity index (χ1) is 11.3. The molecule has 4 N–H and O–H groups in total. The van der Waals surface area contributed by atoms with Crippen LogP contribution in [0.3, 0.4) is 0 Å². The fourth-order valence-electron chi connectivity index (χ4n) is 3.07. The predicted molar refractivity (Wildman–Crippen MR) is 98.2 cm³/mol. The van der Waals surface area contributed by atoms with Gasteiger partial charge in [0.15, 0.2) is 0 Å². The van der Waals surface area contributed by atoms with E-state index in [1.807, 2.05) is 20.0 Å². The second-order valence-electron chi connectivity index (χ2n) is 7.44. The largest absolute Gasteiger partial charge is 0.393 e. The van der Waals surface area contributed by atoms with Crippen molar-refractivity contribution in [3.05, 3.63) is 35.5 Å². The summed E-state index contributed by atoms with van der Waals surface area (Å²) in [6, 6.07) is 6.19. The number of benzene rings is 1. The zero-order valence-electron chi connectivity index (χ0n) is 15.1. The molecule has 2 aromatic rings. The molecule has 5 nitrogen and oxygen atoms in total. The van der Waals surface area contributed by atoms with Gasteiger partial charge < -0.3 is 20.7 Å². The van der Waals surface area contributed by atoms with E-state index in [4.69, 9.17) is 0 Å². The molecule has 0 aliphatic rings. The highest BCUT2D eigenvalue weighted by atomic mass is 16.3. The summed E-state index contributed by atoms with van der Waals surface area (Å²) in [5, 5.41) is 16.5. The number of aromatic amines is 1. The molecule has 1 atom stereocenters. The third-order valence-electron chi connectivity index (χ3n) is 4.18. The van der Waals surface area contributed by atoms with Gasteiger partial charge in [-0.2, -0.15) is 0 Å². The van der Waals surface area contributed by atoms with Gasteiger partial charge in [0.2, 0.25) is 0 Å². The summed E-state index contributed by atoms with van der Waals surface area (Å²) in [5.74, 6) is 0. The fourth-order valence-corrected chi connectivity index (χ4v) is 3.07. The summed E-state index contributed by atoms with van der Waals surface area (Å²) in [6.07, 6.45) is 3.08. The highest BCUT2D eigenvalue weighted by Gasteiger charge is 2.20. The van der Waals surface area contributed by atoms with E-state index in [-0.39, 0.29) is 17.6 Å². The molecule has 1 aromatic carbocycles. The van der Waals surface area contributed by atoms with Crippen molar-refractivity contribution < 1.29 is 9.90 Å². The first-order valence-corrected chi connectivity index (χ1v) is 8.53. The lowest BCUT2D eigenvalue weighted by Gasteiger charge is -2.26. The van der Waals surface area contributed by atoms with E-state index < -0.39 is 0 Å². The number of nitrogens with one attached hydrogen (secondary N) is 3. The molecule has 0 saturated heterocycles. The van der Waals surface area contributed by atoms with E-state index in [2.05, 4.69) is 40.7 Å². The van der Waals surface area contributed by atoms with Gasteiger partial charge in [0, 0.05) is 30.2 Å². The van der Waals surface area contributed by atoms with Gasteiger partial charge in [-0.3, -0.25) is 0 Å². The number of aryl methyl sites for hydroxylation is 1. The average Bonchev–Trinajstić information content (AvgIpc) is 2.86. The van der Waals surface area contributed by atoms with E-state index >= 15 is 0 Å². The summed E-state index contributed by atoms with van der Waals surface area (Å²) >= 11 is 0. The molecule has 0 saturated carbocycles. The van der Waals surface area contributed by atoms with Gasteiger partial charge in [0.25, 0.3) is 0 Å². The molecule has 2 amide bonds. The summed E-state index contributed by atoms with van der Waals surface area (Å²) in [4.78, 5) is 15.2. The van der Waals surface area contributed by atoms with Gasteiger partial charge in [0.1, 0.15) is 0 Å². The molecule has 0 aliphatic heterocycles. The Morgan fingerprint density at radius 3 is 2.79 bits per heavy atom. The second-order valence-corrected chi connectivity index (χ2v) is 7.44. The molecule has 0 fully saturated rings. The number of amides is 2. The highest BCUT2D eigenvalue weighted by molar-refractivity contribution is 5.83. The van der Waals surface area contributed by atoms with Crippen LogP contribution in [0, 0.1) is 12.3 Å². The molecular formula is C19H29N3O2. The number of fused-ring (bicyclic) bond motifs is 1. The molecule has 5 heteroatoms. The Labute approximate surface area is 143 Å². The number of rotatable bonds is 7. The maximum atomic E-state index is 11.9. The lowest BCUT2D eigenvalue weighted by molar-refractivity contribution is 0.129. The topological polar surface area (TPSA) is 77.2 Å². The lowest BCUT2D eigenvalue weighted by Crippen LogP contribution is -2.42. The number of carbonyl (C=O) groups is 1. The van der Waals surface area contributed by atoms with Crippen molar-refractivity contribution in [2.75, 3.05) is 13.1 Å². The number of carbonyl (C=O) groups excluding carboxylic acids is 1. The van der Waals surface area contributed by atoms with Crippen molar-refractivity contribution in [1.29, 1.82) is 0 Å². The van der Waals surface area contributed by atoms with Crippen molar-refractivity contribution in [2.45, 2.75) is 46.6 Å². The Morgan fingerprint density at radius 1 is 1.33 bits per heavy atom. The molecule has 2 rings (SSSR count). The summed E-state index contributed by atoms with van der Waals surface area (Å²) in [5.41, 5.74) is 3.45. The minimum absolute atomic E-state index is 0.125. The minimum Gasteiger partial charge on any atom is -0.393 e. The van der Waals surface area contributed by atoms with Crippen LogP contribution in [0.15, 0.2) is 24.4 Å². The number of urea groups is 1. The molecule has 1 heterocycles. The van der Waals surface area contributed by atoms with Crippen molar-refractivity contribution in [2.24, 2.45) is 5.41 Å². The molecule has 24 heavy (non-hydrogen) atoms. The average molecular weight is 331 g/mol. The highest BCUT2D eigenvalue weighted by Crippen LogP contribution is 2.21. The zero-order valence-corrected chi connectivity index (χ0v) is 15.1. The number of aliphatic hydroxyl groups is 1. The van der Waals surface area contributed by atoms with Crippen LogP contribution in [0.5, 0.6) is 0 Å². The maximum Gasteiger partial charge on any atom is 0.314 e. The van der Waals surface area contributed by atoms with Crippen LogP contribution in [-0.4, -0.2) is 35.3 Å². The summed E-state index contributed by atoms with van der Waals surface area (Å²) in [6.45, 7) is 9.04. The first kappa shape index (κ1) is 18.3. The Kier molecular flexibility index (Phi) is 5.89. The standard InChI is InChI=1S/C19H29N3O2/c1-13-5-6-16-15(11-21-17(16)9-13)7-8-20-18(24)22-12-19(3,4)10-14(2)23/h5-6,9,11,14,21,23H,7-8,10,12H2,1-4H3,(H2,20,22,24). The van der Waals surface area contributed by atoms with E-state index in [1.165, 1.54) is 16.5 Å². The number of hydrogen-bond acceptors (Lipinski definition) is 2. The molecule has 0 aliphatic carbocycles. The van der Waals surface area contributed by atoms with Gasteiger partial charge in [-0.25, -0.2) is 4.79 Å². The summed E-state index contributed by atoms with van der Waals surface area (Å²) in [7, 11) is 0. The molecule has 132 valence electrons. The maximum absolute atomic E-state index is 11.9. The van der Waals surface area contributed by atoms with E-state index in [0.29, 0.717) is 19.5 Å². The zero-order chi connectivity index (χ0) is 17.7. The number of hydrogen-bond donors (Lipinski definition) is 4. The second kappa shape index (κ2) is 7.71. The molecule has 1 aromatic heterocycles. The summed E-state index contributed by atoms with van der Waals surface area (Å²) < 4.78 is 0. The predicted octanol–water partition coefficient (Wildman–Crippen LogP) is 3.12. The van der Waals surface area contributed by atoms with E-state index in [9.17, 15) is 9.90 Å². The van der Waals surface area contributed by atoms with Crippen LogP contribution < -0.4 is 10.6 Å². The van der Waals surface area contributed by atoms with Crippen molar-refractivity contribution in [3.63, 3.8) is 0 Å². The quantitative estimate of drug-likeness (QED) is 0.629. The third-order valence-corrected chi connectivity index (χ3v) is 4.18. The van der Waals surface area contributed by atoms with Crippen molar-refractivity contribution >= 4 is 16.9 Å². The monoisotopic (exact) mass is 331 g/mol. The van der Waals surface area contributed by atoms with Crippen molar-refractivity contribution in [1.82, 2.24) is 15.6 Å². The van der Waals surface area contributed by atoms with Crippen LogP contribution in [-0.2, 0) is 6.42 Å². The molecule has 0 bridgehead atoms. The van der Waals surface area contributed by atoms with Gasteiger partial charge in [-0.05, 0) is 49.3 Å². The number of H-pyrrole nitrogens is 1. The Hall–Kier alpha value is -2.01. The van der Waals surface area contributed by atoms with Gasteiger partial charge >= 0.3 is 6.03 Å². The number of aromatic nitrogens is 1. The lowest BCUT2D eigenvalue weighted by atomic mass is 9.87. The first-order valence-electron chi connectivity index (χ1n) is 8.53. The van der Waals surface area contributed by atoms with Crippen LogP contribution >= 0.6 is 0 Å². The molecule has 0 radical (unpaired) electrons. The minimum atomic E-state index is -0.365. The Morgan fingerprint density at radius 2 is 2.08 bits per heavy atom. The van der Waals surface area contributed by atoms with E-state index in [1.54, 1.807) is 6.92 Å². The van der Waals surface area contributed by atoms with Gasteiger partial charge in [-0.1, -0.05) is 26.0 Å². The fraction of sp³-hybridized carbons (Fsp3) is 0.526. The third kappa shape index (κ3) is 5.27. The number of aliphatic hydroxyl groups excluding tert-OH is 1. The van der Waals surface area contributed by atoms with Crippen molar-refractivity contribution in [3.8, 4) is 0 Å². The van der Waals surface area contributed by atoms with Crippen LogP contribution in [0.1, 0.15) is 38.3 Å². The smallest absolute Gasteiger partial charge is 0.314 e. The van der Waals surface area contributed by atoms with E-state index in [0.717, 1.165) is 11.9 Å². The normalized spacial score (nSPS) is 13.0. The molecule has 0 spiro atoms. The van der Waals surface area contributed by atoms with Gasteiger partial charge in [-0.15, -0.1) is 0 Å². The Bertz CT molecular complexity index is 689. The van der Waals surface area contributed by atoms with Crippen LogP contribution in [0.25, 0.3) is 10.9 Å².